The molecule has 0 aliphatic heterocycles. The van der Waals surface area contributed by atoms with Gasteiger partial charge in [-0.2, -0.15) is 0 Å². The number of rotatable bonds is 6. The van der Waals surface area contributed by atoms with E-state index in [0.717, 1.165) is 0 Å². The summed E-state index contributed by atoms with van der Waals surface area (Å²) in [4.78, 5) is 11.4. The second kappa shape index (κ2) is 7.94. The number of halogens is 3. The van der Waals surface area contributed by atoms with Crippen LogP contribution in [0.25, 0.3) is 0 Å². The van der Waals surface area contributed by atoms with Gasteiger partial charge in [0.25, 0.3) is 0 Å². The molecule has 0 fully saturated rings. The first-order chi connectivity index (χ1) is 10.6. The Labute approximate surface area is 133 Å². The third kappa shape index (κ3) is 8.80. The zero-order chi connectivity index (χ0) is 17.5. The van der Waals surface area contributed by atoms with E-state index < -0.39 is 18.1 Å². The molecule has 0 aliphatic rings. The summed E-state index contributed by atoms with van der Waals surface area (Å²) in [6, 6.07) is 5.78. The van der Waals surface area contributed by atoms with Crippen molar-refractivity contribution in [2.75, 3.05) is 18.4 Å². The number of hydrogen-bond donors (Lipinski definition) is 2. The van der Waals surface area contributed by atoms with E-state index in [1.165, 1.54) is 18.2 Å². The van der Waals surface area contributed by atoms with Crippen molar-refractivity contribution in [1.82, 2.24) is 5.32 Å². The summed E-state index contributed by atoms with van der Waals surface area (Å²) < 4.78 is 45.8. The Hall–Kier alpha value is -2.12. The molecular formula is C15H21F3N2O3. The molecule has 1 aromatic carbocycles. The van der Waals surface area contributed by atoms with Crippen LogP contribution in [0.1, 0.15) is 27.2 Å². The van der Waals surface area contributed by atoms with Crippen LogP contribution in [0.3, 0.4) is 0 Å². The van der Waals surface area contributed by atoms with Crippen LogP contribution in [0.2, 0.25) is 0 Å². The summed E-state index contributed by atoms with van der Waals surface area (Å²) in [5.74, 6) is -0.292. The lowest BCUT2D eigenvalue weighted by Crippen LogP contribution is -2.33. The second-order valence-corrected chi connectivity index (χ2v) is 5.75. The number of amides is 1. The van der Waals surface area contributed by atoms with E-state index in [1.807, 2.05) is 0 Å². The number of anilines is 1. The molecule has 130 valence electrons. The molecule has 2 N–H and O–H groups in total. The first-order valence-electron chi connectivity index (χ1n) is 7.12. The van der Waals surface area contributed by atoms with Crippen molar-refractivity contribution in [1.29, 1.82) is 0 Å². The largest absolute Gasteiger partial charge is 0.573 e. The molecule has 23 heavy (non-hydrogen) atoms. The Morgan fingerprint density at radius 1 is 1.13 bits per heavy atom. The zero-order valence-corrected chi connectivity index (χ0v) is 13.3. The number of ether oxygens (including phenoxy) is 2. The third-order valence-electron chi connectivity index (χ3n) is 2.45. The highest BCUT2D eigenvalue weighted by atomic mass is 19.4. The van der Waals surface area contributed by atoms with Crippen LogP contribution in [0.4, 0.5) is 23.7 Å². The maximum Gasteiger partial charge on any atom is 0.573 e. The molecule has 5 nitrogen and oxygen atoms in total. The number of benzene rings is 1. The van der Waals surface area contributed by atoms with E-state index in [4.69, 9.17) is 4.74 Å². The van der Waals surface area contributed by atoms with E-state index in [9.17, 15) is 18.0 Å². The number of hydrogen-bond acceptors (Lipinski definition) is 4. The van der Waals surface area contributed by atoms with Gasteiger partial charge in [-0.3, -0.25) is 0 Å². The molecule has 1 amide bonds. The Kier molecular flexibility index (Phi) is 6.53. The fourth-order valence-corrected chi connectivity index (χ4v) is 1.64. The van der Waals surface area contributed by atoms with Gasteiger partial charge in [0, 0.05) is 13.1 Å². The molecule has 8 heteroatoms. The highest BCUT2D eigenvalue weighted by molar-refractivity contribution is 5.67. The van der Waals surface area contributed by atoms with E-state index in [1.54, 1.807) is 26.8 Å². The number of carbonyl (C=O) groups is 1. The van der Waals surface area contributed by atoms with E-state index >= 15 is 0 Å². The number of nitrogens with one attached hydrogen (secondary N) is 2. The van der Waals surface area contributed by atoms with E-state index in [2.05, 4.69) is 15.4 Å². The van der Waals surface area contributed by atoms with Gasteiger partial charge in [-0.15, -0.1) is 13.2 Å². The average molecular weight is 334 g/mol. The SMILES string of the molecule is CC(C)(C)OC(=O)NCCCNc1ccccc1OC(F)(F)F. The highest BCUT2D eigenvalue weighted by Gasteiger charge is 2.32. The van der Waals surface area contributed by atoms with Gasteiger partial charge in [-0.25, -0.2) is 4.79 Å². The zero-order valence-electron chi connectivity index (χ0n) is 13.3. The summed E-state index contributed by atoms with van der Waals surface area (Å²) in [5.41, 5.74) is -0.335. The molecular weight excluding hydrogens is 313 g/mol. The highest BCUT2D eigenvalue weighted by Crippen LogP contribution is 2.29. The quantitative estimate of drug-likeness (QED) is 0.774. The van der Waals surface area contributed by atoms with Gasteiger partial charge in [-0.1, -0.05) is 12.1 Å². The Morgan fingerprint density at radius 2 is 1.78 bits per heavy atom. The normalized spacial score (nSPS) is 11.7. The minimum absolute atomic E-state index is 0.238. The van der Waals surface area contributed by atoms with Crippen molar-refractivity contribution in [3.05, 3.63) is 24.3 Å². The van der Waals surface area contributed by atoms with Crippen molar-refractivity contribution >= 4 is 11.8 Å². The van der Waals surface area contributed by atoms with Crippen LogP contribution in [-0.2, 0) is 4.74 Å². The van der Waals surface area contributed by atoms with E-state index in [0.29, 0.717) is 19.5 Å². The maximum atomic E-state index is 12.3. The predicted octanol–water partition coefficient (Wildman–Crippen LogP) is 3.91. The third-order valence-corrected chi connectivity index (χ3v) is 2.45. The molecule has 0 aromatic heterocycles. The Balaban J connectivity index is 2.35. The topological polar surface area (TPSA) is 59.6 Å². The molecule has 0 saturated carbocycles. The average Bonchev–Trinajstić information content (AvgIpc) is 2.36. The molecule has 1 aromatic rings. The second-order valence-electron chi connectivity index (χ2n) is 5.75. The summed E-state index contributed by atoms with van der Waals surface area (Å²) in [6.45, 7) is 5.97. The van der Waals surface area contributed by atoms with E-state index in [-0.39, 0.29) is 11.4 Å². The van der Waals surface area contributed by atoms with Gasteiger partial charge in [0.2, 0.25) is 0 Å². The molecule has 0 unspecified atom stereocenters. The molecule has 0 spiro atoms. The lowest BCUT2D eigenvalue weighted by molar-refractivity contribution is -0.274. The van der Waals surface area contributed by atoms with Crippen molar-refractivity contribution < 1.29 is 27.4 Å². The maximum absolute atomic E-state index is 12.3. The minimum atomic E-state index is -4.74. The summed E-state index contributed by atoms with van der Waals surface area (Å²) >= 11 is 0. The standard InChI is InChI=1S/C15H21F3N2O3/c1-14(2,3)23-13(21)20-10-6-9-19-11-7-4-5-8-12(11)22-15(16,17)18/h4-5,7-8,19H,6,9-10H2,1-3H3,(H,20,21). The fraction of sp³-hybridized carbons (Fsp3) is 0.533. The van der Waals surface area contributed by atoms with Gasteiger partial charge in [0.1, 0.15) is 5.60 Å². The first kappa shape index (κ1) is 18.9. The van der Waals surface area contributed by atoms with Gasteiger partial charge >= 0.3 is 12.5 Å². The van der Waals surface area contributed by atoms with Crippen LogP contribution < -0.4 is 15.4 Å². The Bertz CT molecular complexity index is 513. The van der Waals surface area contributed by atoms with Gasteiger partial charge in [0.05, 0.1) is 5.69 Å². The number of carbonyl (C=O) groups excluding carboxylic acids is 1. The van der Waals surface area contributed by atoms with Crippen LogP contribution >= 0.6 is 0 Å². The predicted molar refractivity (Wildman–Crippen MR) is 80.5 cm³/mol. The molecule has 1 rings (SSSR count). The Morgan fingerprint density at radius 3 is 2.39 bits per heavy atom. The van der Waals surface area contributed by atoms with Crippen molar-refractivity contribution in [2.24, 2.45) is 0 Å². The van der Waals surface area contributed by atoms with Crippen LogP contribution in [0.5, 0.6) is 5.75 Å². The molecule has 0 atom stereocenters. The van der Waals surface area contributed by atoms with Crippen LogP contribution in [0, 0.1) is 0 Å². The smallest absolute Gasteiger partial charge is 0.444 e. The van der Waals surface area contributed by atoms with Crippen molar-refractivity contribution in [3.8, 4) is 5.75 Å². The fourth-order valence-electron chi connectivity index (χ4n) is 1.64. The van der Waals surface area contributed by atoms with Crippen molar-refractivity contribution in [2.45, 2.75) is 39.2 Å². The van der Waals surface area contributed by atoms with Crippen LogP contribution in [0.15, 0.2) is 24.3 Å². The summed E-state index contributed by atoms with van der Waals surface area (Å²) in [7, 11) is 0. The van der Waals surface area contributed by atoms with Gasteiger partial charge in [0.15, 0.2) is 5.75 Å². The van der Waals surface area contributed by atoms with Crippen LogP contribution in [-0.4, -0.2) is 31.1 Å². The molecule has 0 bridgehead atoms. The van der Waals surface area contributed by atoms with Gasteiger partial charge < -0.3 is 20.1 Å². The molecule has 0 radical (unpaired) electrons. The minimum Gasteiger partial charge on any atom is -0.444 e. The lowest BCUT2D eigenvalue weighted by atomic mass is 10.2. The first-order valence-corrected chi connectivity index (χ1v) is 7.12. The lowest BCUT2D eigenvalue weighted by Gasteiger charge is -2.19. The van der Waals surface area contributed by atoms with Crippen molar-refractivity contribution in [3.63, 3.8) is 0 Å². The van der Waals surface area contributed by atoms with Gasteiger partial charge in [-0.05, 0) is 39.3 Å². The number of para-hydroxylation sites is 2. The molecule has 0 aliphatic carbocycles. The summed E-state index contributed by atoms with van der Waals surface area (Å²) in [6.07, 6.45) is -4.76. The molecule has 0 heterocycles. The monoisotopic (exact) mass is 334 g/mol. The molecule has 0 saturated heterocycles. The number of alkyl halides is 3. The number of alkyl carbamates (subject to hydrolysis) is 1. The summed E-state index contributed by atoms with van der Waals surface area (Å²) in [5, 5.41) is 5.41.